The first-order valence-electron chi connectivity index (χ1n) is 7.98. The van der Waals surface area contributed by atoms with E-state index in [1.165, 1.54) is 0 Å². The van der Waals surface area contributed by atoms with Crippen LogP contribution < -0.4 is 14.8 Å². The SMILES string of the molecule is COc1ccc(N=C(Nc2ccccc2)c2cccc(OC)c2)cc1.Cl. The number of halogens is 1. The van der Waals surface area contributed by atoms with E-state index in [0.29, 0.717) is 0 Å². The van der Waals surface area contributed by atoms with E-state index in [1.807, 2.05) is 78.9 Å². The van der Waals surface area contributed by atoms with Crippen LogP contribution in [0.15, 0.2) is 83.9 Å². The van der Waals surface area contributed by atoms with Gasteiger partial charge in [0.15, 0.2) is 0 Å². The van der Waals surface area contributed by atoms with Crippen LogP contribution in [0.1, 0.15) is 5.56 Å². The molecule has 0 atom stereocenters. The summed E-state index contributed by atoms with van der Waals surface area (Å²) in [5.74, 6) is 2.34. The van der Waals surface area contributed by atoms with Crippen molar-refractivity contribution in [2.45, 2.75) is 0 Å². The molecule has 0 unspecified atom stereocenters. The first-order chi connectivity index (χ1) is 12.3. The molecule has 134 valence electrons. The van der Waals surface area contributed by atoms with Gasteiger partial charge in [-0.3, -0.25) is 0 Å². The number of nitrogens with zero attached hydrogens (tertiary/aromatic N) is 1. The molecule has 0 aliphatic rings. The summed E-state index contributed by atoms with van der Waals surface area (Å²) in [5.41, 5.74) is 2.75. The fourth-order valence-electron chi connectivity index (χ4n) is 2.38. The zero-order valence-electron chi connectivity index (χ0n) is 14.7. The number of ether oxygens (including phenoxy) is 2. The highest BCUT2D eigenvalue weighted by atomic mass is 35.5. The van der Waals surface area contributed by atoms with E-state index in [1.54, 1.807) is 14.2 Å². The molecule has 0 aliphatic heterocycles. The third-order valence-corrected chi connectivity index (χ3v) is 3.69. The number of rotatable bonds is 5. The minimum Gasteiger partial charge on any atom is -0.497 e. The van der Waals surface area contributed by atoms with Crippen LogP contribution in [-0.2, 0) is 0 Å². The van der Waals surface area contributed by atoms with Crippen LogP contribution in [0.5, 0.6) is 11.5 Å². The number of hydrogen-bond donors (Lipinski definition) is 1. The number of nitrogens with one attached hydrogen (secondary N) is 1. The number of para-hydroxylation sites is 1. The smallest absolute Gasteiger partial charge is 0.138 e. The summed E-state index contributed by atoms with van der Waals surface area (Å²) >= 11 is 0. The predicted molar refractivity (Wildman–Crippen MR) is 109 cm³/mol. The van der Waals surface area contributed by atoms with Crippen molar-refractivity contribution in [1.29, 1.82) is 0 Å². The number of benzene rings is 3. The molecule has 0 saturated heterocycles. The molecule has 3 rings (SSSR count). The largest absolute Gasteiger partial charge is 0.497 e. The van der Waals surface area contributed by atoms with Gasteiger partial charge in [0.1, 0.15) is 17.3 Å². The van der Waals surface area contributed by atoms with Crippen LogP contribution >= 0.6 is 12.4 Å². The molecule has 0 radical (unpaired) electrons. The zero-order valence-corrected chi connectivity index (χ0v) is 15.5. The van der Waals surface area contributed by atoms with E-state index in [0.717, 1.165) is 34.3 Å². The fraction of sp³-hybridized carbons (Fsp3) is 0.0952. The van der Waals surface area contributed by atoms with Crippen molar-refractivity contribution in [3.8, 4) is 11.5 Å². The molecule has 0 amide bonds. The fourth-order valence-corrected chi connectivity index (χ4v) is 2.38. The van der Waals surface area contributed by atoms with E-state index in [-0.39, 0.29) is 12.4 Å². The van der Waals surface area contributed by atoms with Gasteiger partial charge in [-0.1, -0.05) is 30.3 Å². The van der Waals surface area contributed by atoms with Crippen LogP contribution in [0, 0.1) is 0 Å². The van der Waals surface area contributed by atoms with Gasteiger partial charge in [0, 0.05) is 11.3 Å². The maximum atomic E-state index is 5.34. The Balaban J connectivity index is 0.00000243. The van der Waals surface area contributed by atoms with Gasteiger partial charge in [-0.2, -0.15) is 0 Å². The monoisotopic (exact) mass is 368 g/mol. The molecule has 3 aromatic carbocycles. The summed E-state index contributed by atoms with van der Waals surface area (Å²) in [4.78, 5) is 4.77. The van der Waals surface area contributed by atoms with Crippen molar-refractivity contribution in [3.05, 3.63) is 84.4 Å². The molecule has 4 nitrogen and oxygen atoms in total. The summed E-state index contributed by atoms with van der Waals surface area (Å²) in [6.45, 7) is 0. The Morgan fingerprint density at radius 2 is 1.46 bits per heavy atom. The average molecular weight is 369 g/mol. The lowest BCUT2D eigenvalue weighted by molar-refractivity contribution is 0.414. The quantitative estimate of drug-likeness (QED) is 0.489. The zero-order chi connectivity index (χ0) is 17.5. The lowest BCUT2D eigenvalue weighted by Crippen LogP contribution is -2.13. The van der Waals surface area contributed by atoms with E-state index in [4.69, 9.17) is 14.5 Å². The van der Waals surface area contributed by atoms with Gasteiger partial charge in [-0.15, -0.1) is 12.4 Å². The van der Waals surface area contributed by atoms with Crippen LogP contribution in [0.25, 0.3) is 0 Å². The van der Waals surface area contributed by atoms with E-state index >= 15 is 0 Å². The van der Waals surface area contributed by atoms with E-state index in [2.05, 4.69) is 5.32 Å². The highest BCUT2D eigenvalue weighted by Crippen LogP contribution is 2.21. The normalized spacial score (nSPS) is 10.6. The molecule has 0 heterocycles. The molecule has 0 spiro atoms. The summed E-state index contributed by atoms with van der Waals surface area (Å²) in [6, 6.07) is 25.4. The van der Waals surface area contributed by atoms with Crippen molar-refractivity contribution in [1.82, 2.24) is 0 Å². The van der Waals surface area contributed by atoms with Gasteiger partial charge in [0.2, 0.25) is 0 Å². The number of amidine groups is 1. The molecule has 0 fully saturated rings. The molecule has 0 saturated carbocycles. The highest BCUT2D eigenvalue weighted by molar-refractivity contribution is 6.09. The van der Waals surface area contributed by atoms with Crippen LogP contribution in [0.3, 0.4) is 0 Å². The first-order valence-corrected chi connectivity index (χ1v) is 7.98. The van der Waals surface area contributed by atoms with Gasteiger partial charge in [0.05, 0.1) is 19.9 Å². The Morgan fingerprint density at radius 1 is 0.769 bits per heavy atom. The van der Waals surface area contributed by atoms with Crippen LogP contribution in [0.2, 0.25) is 0 Å². The number of anilines is 1. The molecule has 26 heavy (non-hydrogen) atoms. The van der Waals surface area contributed by atoms with Crippen LogP contribution in [-0.4, -0.2) is 20.1 Å². The van der Waals surface area contributed by atoms with E-state index < -0.39 is 0 Å². The van der Waals surface area contributed by atoms with Crippen molar-refractivity contribution in [2.24, 2.45) is 4.99 Å². The molecule has 3 aromatic rings. The van der Waals surface area contributed by atoms with Crippen molar-refractivity contribution < 1.29 is 9.47 Å². The predicted octanol–water partition coefficient (Wildman–Crippen LogP) is 5.32. The molecule has 0 bridgehead atoms. The second-order valence-electron chi connectivity index (χ2n) is 5.38. The second kappa shape index (κ2) is 9.49. The molecule has 0 aromatic heterocycles. The van der Waals surface area contributed by atoms with Crippen LogP contribution in [0.4, 0.5) is 11.4 Å². The lowest BCUT2D eigenvalue weighted by atomic mass is 10.1. The summed E-state index contributed by atoms with van der Waals surface area (Å²) in [7, 11) is 3.31. The highest BCUT2D eigenvalue weighted by Gasteiger charge is 2.06. The van der Waals surface area contributed by atoms with Crippen molar-refractivity contribution in [3.63, 3.8) is 0 Å². The Bertz CT molecular complexity index is 849. The molecular formula is C21H21ClN2O2. The maximum absolute atomic E-state index is 5.34. The summed E-state index contributed by atoms with van der Waals surface area (Å²) in [5, 5.41) is 3.39. The van der Waals surface area contributed by atoms with E-state index in [9.17, 15) is 0 Å². The molecule has 5 heteroatoms. The third-order valence-electron chi connectivity index (χ3n) is 3.69. The Hall–Kier alpha value is -2.98. The van der Waals surface area contributed by atoms with Crippen molar-refractivity contribution in [2.75, 3.05) is 19.5 Å². The third kappa shape index (κ3) is 5.01. The Labute approximate surface area is 159 Å². The number of methoxy groups -OCH3 is 2. The molecule has 1 N–H and O–H groups in total. The summed E-state index contributed by atoms with van der Waals surface area (Å²) in [6.07, 6.45) is 0. The standard InChI is InChI=1S/C21H20N2O2.ClH/c1-24-19-13-11-18(12-14-19)23-21(22-17-8-4-3-5-9-17)16-7-6-10-20(15-16)25-2;/h3-15H,1-2H3,(H,22,23);1H. The van der Waals surface area contributed by atoms with Crippen molar-refractivity contribution >= 4 is 29.6 Å². The second-order valence-corrected chi connectivity index (χ2v) is 5.38. The topological polar surface area (TPSA) is 42.8 Å². The van der Waals surface area contributed by atoms with Gasteiger partial charge >= 0.3 is 0 Å². The van der Waals surface area contributed by atoms with Gasteiger partial charge < -0.3 is 14.8 Å². The maximum Gasteiger partial charge on any atom is 0.138 e. The number of aliphatic imine (C=N–C) groups is 1. The average Bonchev–Trinajstić information content (AvgIpc) is 2.69. The van der Waals surface area contributed by atoms with Gasteiger partial charge in [-0.25, -0.2) is 4.99 Å². The van der Waals surface area contributed by atoms with Gasteiger partial charge in [0.25, 0.3) is 0 Å². The van der Waals surface area contributed by atoms with Gasteiger partial charge in [-0.05, 0) is 48.5 Å². The minimum atomic E-state index is 0. The lowest BCUT2D eigenvalue weighted by Gasteiger charge is -2.12. The molecular weight excluding hydrogens is 348 g/mol. The minimum absolute atomic E-state index is 0. The summed E-state index contributed by atoms with van der Waals surface area (Å²) < 4.78 is 10.5. The Morgan fingerprint density at radius 3 is 2.12 bits per heavy atom. The first kappa shape index (κ1) is 19.3. The molecule has 0 aliphatic carbocycles. The number of hydrogen-bond acceptors (Lipinski definition) is 3. The Kier molecular flexibility index (Phi) is 7.06.